The van der Waals surface area contributed by atoms with Crippen LogP contribution in [0.25, 0.3) is 31.7 Å². The Hall–Kier alpha value is -9.18. The van der Waals surface area contributed by atoms with Crippen molar-refractivity contribution < 1.29 is 114 Å². The van der Waals surface area contributed by atoms with E-state index in [9.17, 15) is 74.0 Å². The van der Waals surface area contributed by atoms with Crippen molar-refractivity contribution in [2.75, 3.05) is 22.6 Å². The van der Waals surface area contributed by atoms with Crippen LogP contribution in [0.1, 0.15) is 165 Å². The van der Waals surface area contributed by atoms with Gasteiger partial charge in [0.15, 0.2) is 11.6 Å². The molecule has 3 aromatic carbocycles. The van der Waals surface area contributed by atoms with Crippen LogP contribution in [0.2, 0.25) is 0 Å². The normalized spacial score (nSPS) is 15.4. The molecule has 9 aromatic heterocycles. The van der Waals surface area contributed by atoms with Crippen LogP contribution in [0.4, 0.5) is 74.4 Å². The molecule has 9 heterocycles. The summed E-state index contributed by atoms with van der Waals surface area (Å²) in [6.45, 7) is 9.11. The summed E-state index contributed by atoms with van der Waals surface area (Å²) in [6.07, 6.45) is 0.793. The van der Waals surface area contributed by atoms with E-state index in [4.69, 9.17) is 4.74 Å². The quantitative estimate of drug-likeness (QED) is 0.0240. The monoisotopic (exact) mass is 1880 g/mol. The first-order valence-corrected chi connectivity index (χ1v) is 40.4. The number of aliphatic hydroxyl groups is 2. The number of nitrogens with one attached hydrogen (secondary N) is 3. The Morgan fingerprint density at radius 1 is 0.508 bits per heavy atom. The number of carbonyl (C=O) groups is 4. The first-order valence-electron chi connectivity index (χ1n) is 35.5. The largest absolute Gasteiger partial charge is 1.00 e. The summed E-state index contributed by atoms with van der Waals surface area (Å²) in [5.41, 5.74) is 6.79. The van der Waals surface area contributed by atoms with Gasteiger partial charge >= 0.3 is 60.0 Å². The summed E-state index contributed by atoms with van der Waals surface area (Å²) in [5, 5.41) is 42.5. The van der Waals surface area contributed by atoms with Crippen LogP contribution < -0.4 is 45.5 Å². The molecule has 0 saturated heterocycles. The number of benzene rings is 3. The van der Waals surface area contributed by atoms with Gasteiger partial charge in [-0.1, -0.05) is 15.9 Å². The van der Waals surface area contributed by atoms with E-state index in [0.717, 1.165) is 116 Å². The summed E-state index contributed by atoms with van der Waals surface area (Å²) in [6, 6.07) is 26.6. The number of pyridine rings is 6. The number of carbonyl (C=O) groups excluding carboxylic acids is 3. The molecule has 21 nitrogen and oxygen atoms in total. The third kappa shape index (κ3) is 21.7. The number of rotatable bonds is 15. The Morgan fingerprint density at radius 3 is 1.31 bits per heavy atom. The van der Waals surface area contributed by atoms with Gasteiger partial charge in [-0.2, -0.15) is 39.5 Å². The van der Waals surface area contributed by atoms with Gasteiger partial charge in [0.25, 0.3) is 0 Å². The minimum atomic E-state index is -4.49. The first-order chi connectivity index (χ1) is 54.9. The summed E-state index contributed by atoms with van der Waals surface area (Å²) < 4.78 is 124. The zero-order chi connectivity index (χ0) is 83.3. The third-order valence-electron chi connectivity index (χ3n) is 18.5. The molecule has 2 atom stereocenters. The molecule has 118 heavy (non-hydrogen) atoms. The van der Waals surface area contributed by atoms with Crippen molar-refractivity contribution in [3.05, 3.63) is 259 Å². The van der Waals surface area contributed by atoms with Gasteiger partial charge in [-0.3, -0.25) is 14.6 Å². The summed E-state index contributed by atoms with van der Waals surface area (Å²) >= 11 is 14.1. The molecule has 0 spiro atoms. The molecule has 3 aliphatic rings. The molecule has 608 valence electrons. The SMILES string of the molecule is CC(=O)c1cc2c(cc1Br)C(=O)CCC2.CCOC(=O)c1cc2c(cc1Br)[C@@](O)(c1ncc(-c3cc(C)cc(Nc4cc(C(F)(F)F)ccn4)n3)s1)CCC2.Cc1cc(Nc2cc(C(F)(F)F)ccn2)nc(-c2cnc([C@@]3(O)CCCc4cc(C(=O)O)c(Br)cc43)s2)c1.Cc1cc(Nc2cc(C(F)(F)F)ccn2)nc(-c2cncs2)c1.[Na+].[OH-]. The molecule has 0 fully saturated rings. The fourth-order valence-electron chi connectivity index (χ4n) is 13.2. The van der Waals surface area contributed by atoms with Gasteiger partial charge in [-0.15, -0.1) is 34.0 Å². The second-order valence-corrected chi connectivity index (χ2v) is 32.6. The first kappa shape index (κ1) is 91.1. The Labute approximate surface area is 727 Å². The number of halogens is 12. The van der Waals surface area contributed by atoms with Crippen LogP contribution in [-0.4, -0.2) is 95.8 Å². The van der Waals surface area contributed by atoms with Crippen molar-refractivity contribution in [1.29, 1.82) is 0 Å². The number of aromatic carboxylic acids is 1. The summed E-state index contributed by atoms with van der Waals surface area (Å²) in [7, 11) is 0. The molecular formula is C81H67Br3F9N12NaO9S3. The van der Waals surface area contributed by atoms with Gasteiger partial charge < -0.3 is 41.5 Å². The molecule has 0 aliphatic heterocycles. The topological polar surface area (TPSA) is 320 Å². The Bertz CT molecular complexity index is 5750. The van der Waals surface area contributed by atoms with Crippen molar-refractivity contribution in [1.82, 2.24) is 44.9 Å². The van der Waals surface area contributed by atoms with Crippen LogP contribution in [-0.2, 0) is 53.7 Å². The van der Waals surface area contributed by atoms with Gasteiger partial charge in [0.2, 0.25) is 0 Å². The van der Waals surface area contributed by atoms with Crippen LogP contribution in [0.15, 0.2) is 165 Å². The molecule has 0 saturated carbocycles. The number of hydrogen-bond donors (Lipinski definition) is 6. The number of Topliss-reactive ketones (excluding diaryl/α,β-unsaturated/α-hetero) is 2. The molecule has 0 unspecified atom stereocenters. The predicted molar refractivity (Wildman–Crippen MR) is 434 cm³/mol. The number of esters is 1. The maximum Gasteiger partial charge on any atom is 1.00 e. The number of aryl methyl sites for hydroxylation is 6. The molecule has 7 N–H and O–H groups in total. The number of nitrogens with zero attached hydrogens (tertiary/aromatic N) is 9. The van der Waals surface area contributed by atoms with Crippen LogP contribution in [0.3, 0.4) is 0 Å². The molecular weight excluding hydrogens is 1810 g/mol. The van der Waals surface area contributed by atoms with E-state index >= 15 is 0 Å². The molecule has 0 radical (unpaired) electrons. The number of carboxylic acids is 1. The maximum atomic E-state index is 13.1. The Kier molecular flexibility index (Phi) is 29.4. The van der Waals surface area contributed by atoms with Crippen LogP contribution >= 0.6 is 81.8 Å². The number of anilines is 6. The maximum absolute atomic E-state index is 13.1. The van der Waals surface area contributed by atoms with Gasteiger partial charge in [0, 0.05) is 68.1 Å². The van der Waals surface area contributed by atoms with Gasteiger partial charge in [-0.05, 0) is 272 Å². The zero-order valence-corrected chi connectivity index (χ0v) is 72.3. The van der Waals surface area contributed by atoms with Crippen molar-refractivity contribution in [2.24, 2.45) is 0 Å². The number of aromatic nitrogens is 9. The number of fused-ring (bicyclic) bond motifs is 3. The summed E-state index contributed by atoms with van der Waals surface area (Å²) in [5.74, 6) is -0.0811. The van der Waals surface area contributed by atoms with Gasteiger partial charge in [-0.25, -0.2) is 49.5 Å². The molecule has 37 heteroatoms. The van der Waals surface area contributed by atoms with Crippen molar-refractivity contribution in [3.8, 4) is 31.7 Å². The number of ketones is 2. The van der Waals surface area contributed by atoms with E-state index in [1.54, 1.807) is 79.6 Å². The average Bonchev–Trinajstić information content (AvgIpc) is 1.35. The number of carboxylic acid groups (broad SMARTS) is 1. The van der Waals surface area contributed by atoms with E-state index in [0.29, 0.717) is 130 Å². The van der Waals surface area contributed by atoms with E-state index in [1.807, 2.05) is 45.0 Å². The van der Waals surface area contributed by atoms with Gasteiger partial charge in [0.1, 0.15) is 56.1 Å². The number of alkyl halides is 9. The third-order valence-corrected chi connectivity index (χ3v) is 23.6. The minimum Gasteiger partial charge on any atom is -0.870 e. The average molecular weight is 1880 g/mol. The standard InChI is InChI=1S/C28H24BrF3N4O3S.C26H20BrF3N4O3S.C15H11F3N4S.C12H11BrO2.Na.H2O/c1-3-39-25(37)18-11-16-5-4-7-27(38,19(16)13-20(18)29)26-34-14-22(40-26)21-9-15(2)10-24(35-21)36-23-12-17(6-8-33-23)28(30,31)32;1-13-7-19(33-22(8-13)34-21-10-15(4-6-31-21)26(28,29)30)20-12-32-24(38-20)25(37)5-2-3-14-9-16(23(35)36)18(27)11-17(14)25;1-9-4-11(12-7-19-8-23-12)21-14(5-9)22-13-6-10(2-3-20-13)15(16,17)18;1-7(14)9-5-8-3-2-4-12(15)10(8)6-11(9)13;;/h6,8-14,38H,3-5,7H2,1-2H3,(H,33,35,36);4,6-12,37H,2-3,5H2,1H3,(H,35,36)(H,31,33,34);2-8H,1H3,(H,20,21,22);5-6H,2-4H2,1H3;;1H2/q;;;;+1;/p-1/t27-;25-;;;;/m11..../s1. The second-order valence-electron chi connectivity index (χ2n) is 27.1. The number of thiazole rings is 3. The second kappa shape index (κ2) is 38.0. The van der Waals surface area contributed by atoms with Crippen molar-refractivity contribution in [2.45, 2.75) is 122 Å². The predicted octanol–water partition coefficient (Wildman–Crippen LogP) is 18.6. The number of ether oxygens (including phenoxy) is 1. The van der Waals surface area contributed by atoms with E-state index < -0.39 is 58.4 Å². The minimum absolute atomic E-state index is 0. The fourth-order valence-corrected chi connectivity index (χ4v) is 17.4. The van der Waals surface area contributed by atoms with E-state index in [2.05, 4.69) is 109 Å². The molecule has 0 amide bonds. The molecule has 0 bridgehead atoms. The molecule has 15 rings (SSSR count). The Balaban J connectivity index is 0.000000174. The smallest absolute Gasteiger partial charge is 0.870 e. The summed E-state index contributed by atoms with van der Waals surface area (Å²) in [4.78, 5) is 87.5. The fraction of sp³-hybridized carbons (Fsp3) is 0.247. The van der Waals surface area contributed by atoms with E-state index in [-0.39, 0.29) is 76.2 Å². The van der Waals surface area contributed by atoms with Crippen molar-refractivity contribution in [3.63, 3.8) is 0 Å². The van der Waals surface area contributed by atoms with Crippen LogP contribution in [0.5, 0.6) is 0 Å². The molecule has 3 aliphatic carbocycles. The van der Waals surface area contributed by atoms with Crippen molar-refractivity contribution >= 4 is 140 Å². The zero-order valence-electron chi connectivity index (χ0n) is 63.1. The Morgan fingerprint density at radius 2 is 0.907 bits per heavy atom. The van der Waals surface area contributed by atoms with E-state index in [1.165, 1.54) is 40.9 Å². The van der Waals surface area contributed by atoms with Crippen LogP contribution in [0, 0.1) is 20.8 Å². The van der Waals surface area contributed by atoms with Gasteiger partial charge in [0.05, 0.1) is 71.6 Å². The molecule has 12 aromatic rings. The number of hydrogen-bond acceptors (Lipinski definition) is 23.